The van der Waals surface area contributed by atoms with E-state index in [0.717, 1.165) is 11.3 Å². The second-order valence-corrected chi connectivity index (χ2v) is 9.37. The second kappa shape index (κ2) is 6.20. The number of hydrogen-bond acceptors (Lipinski definition) is 4. The van der Waals surface area contributed by atoms with E-state index in [0.29, 0.717) is 5.56 Å². The third-order valence-electron chi connectivity index (χ3n) is 7.03. The van der Waals surface area contributed by atoms with Crippen molar-refractivity contribution < 1.29 is 9.53 Å². The topological polar surface area (TPSA) is 32.8 Å². The highest BCUT2D eigenvalue weighted by molar-refractivity contribution is 6.03. The Morgan fingerprint density at radius 3 is 2.45 bits per heavy atom. The highest BCUT2D eigenvalue weighted by Crippen LogP contribution is 2.54. The molecular weight excluding hydrogens is 360 g/mol. The molecule has 0 aromatic heterocycles. The fourth-order valence-corrected chi connectivity index (χ4v) is 4.48. The van der Waals surface area contributed by atoms with Crippen LogP contribution in [0.25, 0.3) is 6.08 Å². The third-order valence-corrected chi connectivity index (χ3v) is 7.03. The van der Waals surface area contributed by atoms with Gasteiger partial charge in [-0.3, -0.25) is 9.69 Å². The summed E-state index contributed by atoms with van der Waals surface area (Å²) in [5, 5.41) is 0. The zero-order valence-electron chi connectivity index (χ0n) is 18.4. The second-order valence-electron chi connectivity index (χ2n) is 9.37. The van der Waals surface area contributed by atoms with E-state index in [1.165, 1.54) is 11.3 Å². The molecule has 0 fully saturated rings. The number of carbonyl (C=O) groups excluding carboxylic acids is 1. The van der Waals surface area contributed by atoms with Gasteiger partial charge < -0.3 is 9.64 Å². The van der Waals surface area contributed by atoms with E-state index in [1.807, 2.05) is 51.0 Å². The Kier molecular flexibility index (Phi) is 4.22. The number of para-hydroxylation sites is 1. The van der Waals surface area contributed by atoms with Crippen LogP contribution in [0.5, 0.6) is 5.75 Å². The van der Waals surface area contributed by atoms with E-state index < -0.39 is 11.3 Å². The summed E-state index contributed by atoms with van der Waals surface area (Å²) in [5.41, 5.74) is 2.71. The van der Waals surface area contributed by atoms with Gasteiger partial charge in [0.05, 0.1) is 11.0 Å². The van der Waals surface area contributed by atoms with Crippen molar-refractivity contribution >= 4 is 17.5 Å². The monoisotopic (exact) mass is 390 g/mol. The summed E-state index contributed by atoms with van der Waals surface area (Å²) in [6, 6.07) is 14.2. The quantitative estimate of drug-likeness (QED) is 0.709. The highest BCUT2D eigenvalue weighted by Gasteiger charge is 2.57. The van der Waals surface area contributed by atoms with Crippen LogP contribution in [0.3, 0.4) is 0 Å². The molecule has 1 spiro atoms. The van der Waals surface area contributed by atoms with Gasteiger partial charge in [0.15, 0.2) is 5.78 Å². The average molecular weight is 391 g/mol. The maximum atomic E-state index is 13.0. The molecule has 0 radical (unpaired) electrons. The van der Waals surface area contributed by atoms with Crippen molar-refractivity contribution in [2.24, 2.45) is 0 Å². The van der Waals surface area contributed by atoms with Gasteiger partial charge in [0.25, 0.3) is 0 Å². The number of hydrogen-bond donors (Lipinski definition) is 0. The lowest BCUT2D eigenvalue weighted by atomic mass is 9.76. The van der Waals surface area contributed by atoms with Crippen molar-refractivity contribution in [2.75, 3.05) is 26.0 Å². The standard InChI is InChI=1S/C25H30N2O2/c1-23(2)19-10-8-9-11-20(19)27(7)25(23)15-14-17-16-18(12-13-21(17)29-25)22(28)24(3,4)26(5)6/h8-16H,1-7H3. The molecule has 4 nitrogen and oxygen atoms in total. The molecule has 0 N–H and O–H groups in total. The smallest absolute Gasteiger partial charge is 0.211 e. The molecule has 0 amide bonds. The van der Waals surface area contributed by atoms with Crippen molar-refractivity contribution in [2.45, 2.75) is 44.4 Å². The summed E-state index contributed by atoms with van der Waals surface area (Å²) < 4.78 is 6.68. The largest absolute Gasteiger partial charge is 0.463 e. The summed E-state index contributed by atoms with van der Waals surface area (Å²) in [7, 11) is 5.94. The highest BCUT2D eigenvalue weighted by atomic mass is 16.5. The predicted molar refractivity (Wildman–Crippen MR) is 119 cm³/mol. The number of fused-ring (bicyclic) bond motifs is 2. The number of carbonyl (C=O) groups is 1. The molecule has 0 saturated heterocycles. The number of ether oxygens (including phenoxy) is 1. The lowest BCUT2D eigenvalue weighted by Gasteiger charge is -2.45. The average Bonchev–Trinajstić information content (AvgIpc) is 2.86. The van der Waals surface area contributed by atoms with Crippen LogP contribution >= 0.6 is 0 Å². The Hall–Kier alpha value is -2.59. The predicted octanol–water partition coefficient (Wildman–Crippen LogP) is 4.74. The lowest BCUT2D eigenvalue weighted by molar-refractivity contribution is 0.0581. The summed E-state index contributed by atoms with van der Waals surface area (Å²) in [4.78, 5) is 17.2. The maximum Gasteiger partial charge on any atom is 0.211 e. The Morgan fingerprint density at radius 2 is 1.79 bits per heavy atom. The molecule has 2 aromatic rings. The van der Waals surface area contributed by atoms with E-state index >= 15 is 0 Å². The Balaban J connectivity index is 1.74. The molecule has 0 bridgehead atoms. The first-order valence-electron chi connectivity index (χ1n) is 10.1. The van der Waals surface area contributed by atoms with Crippen LogP contribution in [0.1, 0.15) is 49.2 Å². The molecule has 2 aromatic carbocycles. The van der Waals surface area contributed by atoms with Gasteiger partial charge in [-0.2, -0.15) is 0 Å². The fraction of sp³-hybridized carbons (Fsp3) is 0.400. The molecular formula is C25H30N2O2. The first-order valence-corrected chi connectivity index (χ1v) is 10.1. The minimum atomic E-state index is -0.599. The van der Waals surface area contributed by atoms with E-state index in [-0.39, 0.29) is 11.2 Å². The summed E-state index contributed by atoms with van der Waals surface area (Å²) in [6.45, 7) is 8.34. The van der Waals surface area contributed by atoms with Gasteiger partial charge in [0, 0.05) is 23.9 Å². The number of nitrogens with zero attached hydrogens (tertiary/aromatic N) is 2. The molecule has 152 valence electrons. The van der Waals surface area contributed by atoms with Crippen molar-refractivity contribution in [1.82, 2.24) is 4.90 Å². The summed E-state index contributed by atoms with van der Waals surface area (Å²) in [5.74, 6) is 0.907. The third kappa shape index (κ3) is 2.58. The van der Waals surface area contributed by atoms with E-state index in [9.17, 15) is 4.79 Å². The maximum absolute atomic E-state index is 13.0. The number of Topliss-reactive ketones (excluding diaryl/α,β-unsaturated/α-hetero) is 1. The zero-order valence-corrected chi connectivity index (χ0v) is 18.4. The van der Waals surface area contributed by atoms with Gasteiger partial charge in [0.2, 0.25) is 5.72 Å². The Bertz CT molecular complexity index is 1020. The summed E-state index contributed by atoms with van der Waals surface area (Å²) >= 11 is 0. The molecule has 2 aliphatic rings. The number of anilines is 1. The number of likely N-dealkylation sites (N-methyl/N-ethyl adjacent to an activating group) is 2. The lowest BCUT2D eigenvalue weighted by Crippen LogP contribution is -2.58. The van der Waals surface area contributed by atoms with Crippen LogP contribution in [-0.4, -0.2) is 43.1 Å². The molecule has 0 aliphatic carbocycles. The minimum absolute atomic E-state index is 0.102. The molecule has 4 rings (SSSR count). The number of rotatable bonds is 3. The van der Waals surface area contributed by atoms with Crippen LogP contribution < -0.4 is 9.64 Å². The van der Waals surface area contributed by atoms with Crippen molar-refractivity contribution in [1.29, 1.82) is 0 Å². The molecule has 2 heterocycles. The minimum Gasteiger partial charge on any atom is -0.463 e. The molecule has 4 heteroatoms. The SMILES string of the molecule is CN(C)C(C)(C)C(=O)c1ccc2c(c1)C=CC1(O2)N(C)c2ccccc2C1(C)C. The van der Waals surface area contributed by atoms with Gasteiger partial charge in [0.1, 0.15) is 5.75 Å². The molecule has 0 saturated carbocycles. The van der Waals surface area contributed by atoms with Crippen LogP contribution in [0, 0.1) is 0 Å². The van der Waals surface area contributed by atoms with Crippen molar-refractivity contribution in [3.05, 3.63) is 65.2 Å². The summed E-state index contributed by atoms with van der Waals surface area (Å²) in [6.07, 6.45) is 4.24. The number of benzene rings is 2. The molecule has 2 aliphatic heterocycles. The van der Waals surface area contributed by atoms with Crippen LogP contribution in [0.4, 0.5) is 5.69 Å². The zero-order chi connectivity index (χ0) is 21.2. The Morgan fingerprint density at radius 1 is 1.10 bits per heavy atom. The van der Waals surface area contributed by atoms with Crippen molar-refractivity contribution in [3.8, 4) is 5.75 Å². The van der Waals surface area contributed by atoms with Gasteiger partial charge in [-0.05, 0) is 83.8 Å². The van der Waals surface area contributed by atoms with Crippen LogP contribution in [-0.2, 0) is 5.41 Å². The Labute approximate surface area is 173 Å². The molecule has 1 unspecified atom stereocenters. The normalized spacial score (nSPS) is 21.9. The van der Waals surface area contributed by atoms with E-state index in [1.54, 1.807) is 0 Å². The van der Waals surface area contributed by atoms with Gasteiger partial charge in [-0.15, -0.1) is 0 Å². The van der Waals surface area contributed by atoms with Crippen LogP contribution in [0.15, 0.2) is 48.5 Å². The van der Waals surface area contributed by atoms with Crippen LogP contribution in [0.2, 0.25) is 0 Å². The van der Waals surface area contributed by atoms with Crippen molar-refractivity contribution in [3.63, 3.8) is 0 Å². The van der Waals surface area contributed by atoms with Gasteiger partial charge >= 0.3 is 0 Å². The first-order chi connectivity index (χ1) is 13.5. The van der Waals surface area contributed by atoms with Gasteiger partial charge in [-0.25, -0.2) is 0 Å². The van der Waals surface area contributed by atoms with E-state index in [4.69, 9.17) is 4.74 Å². The molecule has 1 atom stereocenters. The first kappa shape index (κ1) is 19.7. The fourth-order valence-electron chi connectivity index (χ4n) is 4.48. The van der Waals surface area contributed by atoms with Gasteiger partial charge in [-0.1, -0.05) is 18.2 Å². The van der Waals surface area contributed by atoms with E-state index in [2.05, 4.69) is 62.2 Å². The number of ketones is 1. The molecule has 29 heavy (non-hydrogen) atoms.